The van der Waals surface area contributed by atoms with Gasteiger partial charge >= 0.3 is 0 Å². The van der Waals surface area contributed by atoms with Crippen LogP contribution < -0.4 is 14.8 Å². The molecule has 0 fully saturated rings. The number of ether oxygens (including phenoxy) is 2. The summed E-state index contributed by atoms with van der Waals surface area (Å²) in [7, 11) is 1.62. The highest BCUT2D eigenvalue weighted by molar-refractivity contribution is 6.32. The van der Waals surface area contributed by atoms with Gasteiger partial charge in [-0.1, -0.05) is 23.7 Å². The Hall–Kier alpha value is -2.20. The van der Waals surface area contributed by atoms with E-state index < -0.39 is 0 Å². The number of halogens is 1. The summed E-state index contributed by atoms with van der Waals surface area (Å²) in [5.41, 5.74) is 2.86. The van der Waals surface area contributed by atoms with Crippen molar-refractivity contribution in [1.82, 2.24) is 5.32 Å². The standard InChI is InChI=1S/C19H22ClNO3/c1-12-9-17(10-13(2)19(12)20)24-11-18(22)21-14(3)15-5-7-16(23-4)8-6-15/h5-10,14H,11H2,1-4H3,(H,21,22). The molecule has 0 spiro atoms. The number of nitrogens with one attached hydrogen (secondary N) is 1. The van der Waals surface area contributed by atoms with Crippen LogP contribution in [0.25, 0.3) is 0 Å². The molecule has 0 radical (unpaired) electrons. The first kappa shape index (κ1) is 18.1. The van der Waals surface area contributed by atoms with E-state index in [0.29, 0.717) is 5.75 Å². The van der Waals surface area contributed by atoms with Crippen molar-refractivity contribution in [2.45, 2.75) is 26.8 Å². The molecule has 128 valence electrons. The summed E-state index contributed by atoms with van der Waals surface area (Å²) < 4.78 is 10.7. The van der Waals surface area contributed by atoms with Crippen molar-refractivity contribution in [2.24, 2.45) is 0 Å². The highest BCUT2D eigenvalue weighted by atomic mass is 35.5. The third kappa shape index (κ3) is 4.65. The van der Waals surface area contributed by atoms with Crippen molar-refractivity contribution in [1.29, 1.82) is 0 Å². The van der Waals surface area contributed by atoms with E-state index in [9.17, 15) is 4.79 Å². The molecule has 24 heavy (non-hydrogen) atoms. The van der Waals surface area contributed by atoms with E-state index in [4.69, 9.17) is 21.1 Å². The predicted molar refractivity (Wildman–Crippen MR) is 96.0 cm³/mol. The average molecular weight is 348 g/mol. The Balaban J connectivity index is 1.90. The van der Waals surface area contributed by atoms with Crippen LogP contribution in [0.3, 0.4) is 0 Å². The lowest BCUT2D eigenvalue weighted by Crippen LogP contribution is -2.31. The molecule has 1 N–H and O–H groups in total. The summed E-state index contributed by atoms with van der Waals surface area (Å²) in [6, 6.07) is 11.1. The van der Waals surface area contributed by atoms with Gasteiger partial charge in [0.25, 0.3) is 5.91 Å². The second-order valence-electron chi connectivity index (χ2n) is 5.72. The fourth-order valence-electron chi connectivity index (χ4n) is 2.40. The third-order valence-electron chi connectivity index (χ3n) is 3.77. The summed E-state index contributed by atoms with van der Waals surface area (Å²) in [6.07, 6.45) is 0. The molecule has 2 aromatic rings. The molecule has 0 bridgehead atoms. The number of rotatable bonds is 6. The van der Waals surface area contributed by atoms with E-state index in [1.165, 1.54) is 0 Å². The van der Waals surface area contributed by atoms with E-state index in [2.05, 4.69) is 5.32 Å². The first-order chi connectivity index (χ1) is 11.4. The molecule has 1 atom stereocenters. The molecule has 0 aromatic heterocycles. The highest BCUT2D eigenvalue weighted by Crippen LogP contribution is 2.25. The van der Waals surface area contributed by atoms with E-state index in [0.717, 1.165) is 27.5 Å². The molecule has 5 heteroatoms. The number of benzene rings is 2. The number of carbonyl (C=O) groups is 1. The first-order valence-corrected chi connectivity index (χ1v) is 8.11. The van der Waals surface area contributed by atoms with Crippen LogP contribution in [0.5, 0.6) is 11.5 Å². The Morgan fingerprint density at radius 3 is 2.25 bits per heavy atom. The normalized spacial score (nSPS) is 11.7. The van der Waals surface area contributed by atoms with Crippen LogP contribution >= 0.6 is 11.6 Å². The van der Waals surface area contributed by atoms with Gasteiger partial charge < -0.3 is 14.8 Å². The van der Waals surface area contributed by atoms with Gasteiger partial charge in [-0.05, 0) is 61.7 Å². The summed E-state index contributed by atoms with van der Waals surface area (Å²) in [5.74, 6) is 1.25. The molecule has 0 aliphatic carbocycles. The van der Waals surface area contributed by atoms with Crippen LogP contribution in [0.4, 0.5) is 0 Å². The molecule has 0 aliphatic rings. The fourth-order valence-corrected chi connectivity index (χ4v) is 2.51. The van der Waals surface area contributed by atoms with Crippen molar-refractivity contribution in [3.63, 3.8) is 0 Å². The van der Waals surface area contributed by atoms with Gasteiger partial charge in [0, 0.05) is 5.02 Å². The lowest BCUT2D eigenvalue weighted by Gasteiger charge is -2.15. The highest BCUT2D eigenvalue weighted by Gasteiger charge is 2.11. The number of hydrogen-bond donors (Lipinski definition) is 1. The molecule has 0 saturated carbocycles. The summed E-state index contributed by atoms with van der Waals surface area (Å²) in [5, 5.41) is 3.64. The summed E-state index contributed by atoms with van der Waals surface area (Å²) >= 11 is 6.13. The Kier molecular flexibility index (Phi) is 6.10. The Labute approximate surface area is 147 Å². The van der Waals surface area contributed by atoms with E-state index in [1.807, 2.05) is 57.2 Å². The molecular weight excluding hydrogens is 326 g/mol. The van der Waals surface area contributed by atoms with E-state index >= 15 is 0 Å². The van der Waals surface area contributed by atoms with Gasteiger partial charge in [0.05, 0.1) is 13.2 Å². The van der Waals surface area contributed by atoms with Crippen LogP contribution in [0.2, 0.25) is 5.02 Å². The zero-order valence-electron chi connectivity index (χ0n) is 14.4. The second kappa shape index (κ2) is 8.06. The SMILES string of the molecule is COc1ccc(C(C)NC(=O)COc2cc(C)c(Cl)c(C)c2)cc1. The quantitative estimate of drug-likeness (QED) is 0.851. The Morgan fingerprint density at radius 2 is 1.71 bits per heavy atom. The van der Waals surface area contributed by atoms with Crippen molar-refractivity contribution < 1.29 is 14.3 Å². The van der Waals surface area contributed by atoms with Crippen LogP contribution in [0, 0.1) is 13.8 Å². The molecule has 0 aliphatic heterocycles. The maximum absolute atomic E-state index is 12.1. The van der Waals surface area contributed by atoms with Gasteiger partial charge in [0.15, 0.2) is 6.61 Å². The van der Waals surface area contributed by atoms with Gasteiger partial charge in [-0.3, -0.25) is 4.79 Å². The molecule has 2 aromatic carbocycles. The lowest BCUT2D eigenvalue weighted by molar-refractivity contribution is -0.123. The van der Waals surface area contributed by atoms with Crippen LogP contribution in [-0.4, -0.2) is 19.6 Å². The number of hydrogen-bond acceptors (Lipinski definition) is 3. The number of methoxy groups -OCH3 is 1. The molecular formula is C19H22ClNO3. The largest absolute Gasteiger partial charge is 0.497 e. The average Bonchev–Trinajstić information content (AvgIpc) is 2.57. The molecule has 4 nitrogen and oxygen atoms in total. The number of aryl methyl sites for hydroxylation is 2. The summed E-state index contributed by atoms with van der Waals surface area (Å²) in [6.45, 7) is 5.71. The van der Waals surface area contributed by atoms with Gasteiger partial charge in [-0.15, -0.1) is 0 Å². The van der Waals surface area contributed by atoms with Gasteiger partial charge in [-0.2, -0.15) is 0 Å². The van der Waals surface area contributed by atoms with E-state index in [-0.39, 0.29) is 18.6 Å². The zero-order chi connectivity index (χ0) is 17.7. The molecule has 2 rings (SSSR count). The number of carbonyl (C=O) groups excluding carboxylic acids is 1. The minimum absolute atomic E-state index is 0.0407. The second-order valence-corrected chi connectivity index (χ2v) is 6.10. The third-order valence-corrected chi connectivity index (χ3v) is 4.37. The fraction of sp³-hybridized carbons (Fsp3) is 0.316. The predicted octanol–water partition coefficient (Wildman–Crippen LogP) is 4.22. The van der Waals surface area contributed by atoms with Crippen molar-refractivity contribution in [3.05, 3.63) is 58.1 Å². The monoisotopic (exact) mass is 347 g/mol. The summed E-state index contributed by atoms with van der Waals surface area (Å²) in [4.78, 5) is 12.1. The smallest absolute Gasteiger partial charge is 0.258 e. The number of amides is 1. The topological polar surface area (TPSA) is 47.6 Å². The minimum atomic E-state index is -0.177. The molecule has 0 heterocycles. The van der Waals surface area contributed by atoms with Gasteiger partial charge in [-0.25, -0.2) is 0 Å². The Bertz CT molecular complexity index is 690. The maximum Gasteiger partial charge on any atom is 0.258 e. The minimum Gasteiger partial charge on any atom is -0.497 e. The maximum atomic E-state index is 12.1. The molecule has 0 saturated heterocycles. The van der Waals surface area contributed by atoms with Crippen LogP contribution in [0.1, 0.15) is 29.7 Å². The van der Waals surface area contributed by atoms with Crippen molar-refractivity contribution in [3.8, 4) is 11.5 Å². The lowest BCUT2D eigenvalue weighted by atomic mass is 10.1. The molecule has 1 unspecified atom stereocenters. The van der Waals surface area contributed by atoms with Gasteiger partial charge in [0.2, 0.25) is 0 Å². The zero-order valence-corrected chi connectivity index (χ0v) is 15.1. The van der Waals surface area contributed by atoms with Gasteiger partial charge in [0.1, 0.15) is 11.5 Å². The van der Waals surface area contributed by atoms with Crippen LogP contribution in [-0.2, 0) is 4.79 Å². The van der Waals surface area contributed by atoms with E-state index in [1.54, 1.807) is 7.11 Å². The van der Waals surface area contributed by atoms with Crippen molar-refractivity contribution in [2.75, 3.05) is 13.7 Å². The van der Waals surface area contributed by atoms with Crippen LogP contribution in [0.15, 0.2) is 36.4 Å². The van der Waals surface area contributed by atoms with Crippen molar-refractivity contribution >= 4 is 17.5 Å². The first-order valence-electron chi connectivity index (χ1n) is 7.73. The molecule has 1 amide bonds. The Morgan fingerprint density at radius 1 is 1.12 bits per heavy atom.